The van der Waals surface area contributed by atoms with E-state index in [9.17, 15) is 24.3 Å². The van der Waals surface area contributed by atoms with Crippen molar-refractivity contribution in [2.24, 2.45) is 17.8 Å². The maximum Gasteiger partial charge on any atom is 0.233 e. The first-order valence-electron chi connectivity index (χ1n) is 12.7. The van der Waals surface area contributed by atoms with E-state index in [1.54, 1.807) is 24.0 Å². The van der Waals surface area contributed by atoms with Crippen molar-refractivity contribution in [1.29, 1.82) is 0 Å². The lowest BCUT2D eigenvalue weighted by atomic mass is 9.60. The number of amides is 2. The number of aliphatic hydroxyl groups excluding tert-OH is 1. The second-order valence-corrected chi connectivity index (χ2v) is 10.5. The van der Waals surface area contributed by atoms with Crippen LogP contribution in [-0.2, 0) is 25.8 Å². The first-order chi connectivity index (χ1) is 16.9. The molecule has 1 aromatic rings. The Morgan fingerprint density at radius 3 is 2.51 bits per heavy atom. The highest BCUT2D eigenvalue weighted by atomic mass is 16.4. The van der Waals surface area contributed by atoms with Gasteiger partial charge in [-0.25, -0.2) is 0 Å². The fourth-order valence-electron chi connectivity index (χ4n) is 7.07. The summed E-state index contributed by atoms with van der Waals surface area (Å²) in [5, 5.41) is 9.54. The van der Waals surface area contributed by atoms with E-state index in [1.165, 1.54) is 6.08 Å². The predicted octanol–water partition coefficient (Wildman–Crippen LogP) is 3.53. The Balaban J connectivity index is 1.45. The van der Waals surface area contributed by atoms with Crippen LogP contribution < -0.4 is 0 Å². The zero-order chi connectivity index (χ0) is 24.4. The molecule has 4 unspecified atom stereocenters. The lowest BCUT2D eigenvalue weighted by molar-refractivity contribution is -0.143. The molecule has 4 atom stereocenters. The number of fused-ring (bicyclic) bond motifs is 3. The normalized spacial score (nSPS) is 31.3. The van der Waals surface area contributed by atoms with Gasteiger partial charge in [-0.2, -0.15) is 0 Å². The van der Waals surface area contributed by atoms with Gasteiger partial charge in [-0.1, -0.05) is 30.9 Å². The highest BCUT2D eigenvalue weighted by Crippen LogP contribution is 2.55. The van der Waals surface area contributed by atoms with Crippen LogP contribution in [0.25, 0.3) is 0 Å². The summed E-state index contributed by atoms with van der Waals surface area (Å²) in [6.45, 7) is 1.36. The third-order valence-electron chi connectivity index (χ3n) is 8.66. The van der Waals surface area contributed by atoms with E-state index in [-0.39, 0.29) is 48.4 Å². The van der Waals surface area contributed by atoms with Gasteiger partial charge in [-0.05, 0) is 56.7 Å². The number of hydrogen-bond acceptors (Lipinski definition) is 6. The summed E-state index contributed by atoms with van der Waals surface area (Å²) in [5.41, 5.74) is 2.10. The number of aliphatic hydroxyl groups is 1. The molecule has 0 spiro atoms. The third-order valence-corrected chi connectivity index (χ3v) is 8.66. The second-order valence-electron chi connectivity index (χ2n) is 10.5. The van der Waals surface area contributed by atoms with Gasteiger partial charge in [0, 0.05) is 22.8 Å². The fraction of sp³-hybridized carbons (Fsp3) is 0.500. The summed E-state index contributed by atoms with van der Waals surface area (Å²) in [4.78, 5) is 55.2. The minimum Gasteiger partial charge on any atom is -0.463 e. The standard InChI is InChI=1S/C28H29NO6/c1-14-11-21(31)24-20(26(14)32)12-19-17(25(24)22-10-7-16(13-30)35-22)8-9-18-23(19)28(34)29(27(18)33)15-5-3-2-4-6-15/h7-8,10-11,15,18-19,23,25,30H,2-6,9,12-13H2,1H3. The van der Waals surface area contributed by atoms with Gasteiger partial charge in [-0.15, -0.1) is 0 Å². The first-order valence-corrected chi connectivity index (χ1v) is 12.7. The molecule has 182 valence electrons. The molecule has 0 radical (unpaired) electrons. The first kappa shape index (κ1) is 22.4. The number of imide groups is 1. The van der Waals surface area contributed by atoms with Gasteiger partial charge in [0.25, 0.3) is 0 Å². The number of hydrogen-bond donors (Lipinski definition) is 1. The summed E-state index contributed by atoms with van der Waals surface area (Å²) in [5.74, 6) is -1.64. The molecule has 0 bridgehead atoms. The molecule has 1 saturated carbocycles. The monoisotopic (exact) mass is 475 g/mol. The van der Waals surface area contributed by atoms with Crippen molar-refractivity contribution in [3.63, 3.8) is 0 Å². The topological polar surface area (TPSA) is 105 Å². The molecule has 5 aliphatic rings. The fourth-order valence-corrected chi connectivity index (χ4v) is 7.07. The Hall–Kier alpha value is -3.06. The smallest absolute Gasteiger partial charge is 0.233 e. The van der Waals surface area contributed by atoms with E-state index in [0.29, 0.717) is 34.7 Å². The van der Waals surface area contributed by atoms with Gasteiger partial charge in [0.1, 0.15) is 18.1 Å². The maximum absolute atomic E-state index is 13.8. The van der Waals surface area contributed by atoms with Gasteiger partial charge < -0.3 is 9.52 Å². The molecule has 1 aliphatic heterocycles. The van der Waals surface area contributed by atoms with E-state index < -0.39 is 17.8 Å². The number of carbonyl (C=O) groups excluding carboxylic acids is 4. The summed E-state index contributed by atoms with van der Waals surface area (Å²) in [6.07, 6.45) is 8.99. The number of Topliss-reactive ketones (excluding diaryl/α,β-unsaturated/α-hetero) is 1. The van der Waals surface area contributed by atoms with Crippen molar-refractivity contribution >= 4 is 23.4 Å². The zero-order valence-electron chi connectivity index (χ0n) is 19.8. The summed E-state index contributed by atoms with van der Waals surface area (Å²) in [6, 6.07) is 3.36. The van der Waals surface area contributed by atoms with Gasteiger partial charge in [0.2, 0.25) is 11.8 Å². The number of likely N-dealkylation sites (tertiary alicyclic amines) is 1. The zero-order valence-corrected chi connectivity index (χ0v) is 19.8. The molecular weight excluding hydrogens is 446 g/mol. The maximum atomic E-state index is 13.8. The van der Waals surface area contributed by atoms with E-state index in [0.717, 1.165) is 37.7 Å². The lowest BCUT2D eigenvalue weighted by Crippen LogP contribution is -2.43. The number of furan rings is 1. The summed E-state index contributed by atoms with van der Waals surface area (Å²) >= 11 is 0. The molecule has 7 nitrogen and oxygen atoms in total. The number of carbonyl (C=O) groups is 4. The third kappa shape index (κ3) is 3.28. The number of allylic oxidation sites excluding steroid dienone is 6. The molecular formula is C28H29NO6. The molecule has 1 N–H and O–H groups in total. The minimum absolute atomic E-state index is 0.0350. The van der Waals surface area contributed by atoms with Crippen LogP contribution in [0.1, 0.15) is 69.3 Å². The van der Waals surface area contributed by atoms with Gasteiger partial charge in [0.15, 0.2) is 11.6 Å². The summed E-state index contributed by atoms with van der Waals surface area (Å²) in [7, 11) is 0. The quantitative estimate of drug-likeness (QED) is 0.407. The SMILES string of the molecule is CC1=CC(=O)C2=C(CC3C(=CCC4C(=O)N(C5CCCCC5)C(=O)C43)C2c2ccc(CO)o2)C1=O. The minimum atomic E-state index is -0.600. The van der Waals surface area contributed by atoms with Crippen LogP contribution in [0.2, 0.25) is 0 Å². The highest BCUT2D eigenvalue weighted by Gasteiger charge is 2.57. The van der Waals surface area contributed by atoms with Crippen LogP contribution in [-0.4, -0.2) is 39.4 Å². The number of rotatable bonds is 3. The number of nitrogens with zero attached hydrogens (tertiary/aromatic N) is 1. The predicted molar refractivity (Wildman–Crippen MR) is 125 cm³/mol. The molecule has 35 heavy (non-hydrogen) atoms. The Kier molecular flexibility index (Phi) is 5.29. The van der Waals surface area contributed by atoms with Gasteiger partial charge in [-0.3, -0.25) is 24.1 Å². The molecule has 7 heteroatoms. The molecule has 4 aliphatic carbocycles. The Morgan fingerprint density at radius 1 is 1.03 bits per heavy atom. The van der Waals surface area contributed by atoms with Crippen LogP contribution in [0.15, 0.2) is 51.0 Å². The van der Waals surface area contributed by atoms with Crippen molar-refractivity contribution in [1.82, 2.24) is 4.90 Å². The van der Waals surface area contributed by atoms with E-state index in [2.05, 4.69) is 0 Å². The molecule has 1 aromatic heterocycles. The molecule has 2 fully saturated rings. The Morgan fingerprint density at radius 2 is 1.80 bits per heavy atom. The molecule has 0 aromatic carbocycles. The van der Waals surface area contributed by atoms with Crippen molar-refractivity contribution < 1.29 is 28.7 Å². The molecule has 1 saturated heterocycles. The van der Waals surface area contributed by atoms with E-state index >= 15 is 0 Å². The van der Waals surface area contributed by atoms with Crippen LogP contribution in [0.4, 0.5) is 0 Å². The highest BCUT2D eigenvalue weighted by molar-refractivity contribution is 6.23. The van der Waals surface area contributed by atoms with E-state index in [1.807, 2.05) is 6.08 Å². The average molecular weight is 476 g/mol. The average Bonchev–Trinajstić information content (AvgIpc) is 3.44. The van der Waals surface area contributed by atoms with Crippen molar-refractivity contribution in [3.05, 3.63) is 58.1 Å². The van der Waals surface area contributed by atoms with Crippen molar-refractivity contribution in [2.45, 2.75) is 70.4 Å². The Bertz CT molecular complexity index is 1240. The number of ketones is 2. The Labute approximate surface area is 203 Å². The van der Waals surface area contributed by atoms with Crippen molar-refractivity contribution in [2.75, 3.05) is 0 Å². The molecule has 6 rings (SSSR count). The molecule has 2 heterocycles. The van der Waals surface area contributed by atoms with Crippen molar-refractivity contribution in [3.8, 4) is 0 Å². The van der Waals surface area contributed by atoms with Crippen LogP contribution >= 0.6 is 0 Å². The lowest BCUT2D eigenvalue weighted by Gasteiger charge is -2.41. The van der Waals surface area contributed by atoms with E-state index in [4.69, 9.17) is 4.42 Å². The second kappa shape index (κ2) is 8.26. The summed E-state index contributed by atoms with van der Waals surface area (Å²) < 4.78 is 5.88. The van der Waals surface area contributed by atoms with Gasteiger partial charge >= 0.3 is 0 Å². The van der Waals surface area contributed by atoms with Crippen LogP contribution in [0.5, 0.6) is 0 Å². The van der Waals surface area contributed by atoms with Gasteiger partial charge in [0.05, 0.1) is 17.8 Å². The van der Waals surface area contributed by atoms with Crippen LogP contribution in [0, 0.1) is 17.8 Å². The largest absolute Gasteiger partial charge is 0.463 e. The van der Waals surface area contributed by atoms with Crippen LogP contribution in [0.3, 0.4) is 0 Å². The molecule has 2 amide bonds.